The van der Waals surface area contributed by atoms with Crippen LogP contribution in [-0.4, -0.2) is 18.5 Å². The van der Waals surface area contributed by atoms with E-state index in [9.17, 15) is 4.79 Å². The molecule has 4 rings (SSSR count). The van der Waals surface area contributed by atoms with Crippen LogP contribution in [0, 0.1) is 0 Å². The van der Waals surface area contributed by atoms with Gasteiger partial charge in [0.25, 0.3) is 0 Å². The molecule has 0 saturated heterocycles. The minimum atomic E-state index is -0.656. The van der Waals surface area contributed by atoms with E-state index in [4.69, 9.17) is 9.47 Å². The molecular weight excluding hydrogens is 394 g/mol. The van der Waals surface area contributed by atoms with E-state index < -0.39 is 11.7 Å². The molecule has 2 aromatic carbocycles. The van der Waals surface area contributed by atoms with Crippen LogP contribution < -0.4 is 10.1 Å². The molecule has 2 aromatic rings. The molecule has 0 unspecified atom stereocenters. The van der Waals surface area contributed by atoms with E-state index in [0.717, 1.165) is 35.1 Å². The third kappa shape index (κ3) is 5.12. The summed E-state index contributed by atoms with van der Waals surface area (Å²) in [6.45, 7) is 4.45. The smallest absolute Gasteiger partial charge is 0.412 e. The second kappa shape index (κ2) is 9.34. The molecule has 1 amide bonds. The fourth-order valence-corrected chi connectivity index (χ4v) is 5.18. The van der Waals surface area contributed by atoms with Gasteiger partial charge in [-0.1, -0.05) is 31.4 Å². The number of benzene rings is 2. The second-order valence-corrected chi connectivity index (χ2v) is 9.85. The highest BCUT2D eigenvalue weighted by atomic mass is 32.2. The van der Waals surface area contributed by atoms with Crippen molar-refractivity contribution in [2.75, 3.05) is 17.7 Å². The Kier molecular flexibility index (Phi) is 6.57. The Morgan fingerprint density at radius 3 is 2.63 bits per heavy atom. The summed E-state index contributed by atoms with van der Waals surface area (Å²) >= 11 is 1.89. The Hall–Kier alpha value is -2.14. The SMILES string of the molecule is CC1(C)OC(=O)Nc2ccc(OCCCSc3ccc(C4CCCCC4)cc3)cc21. The van der Waals surface area contributed by atoms with Gasteiger partial charge < -0.3 is 9.47 Å². The van der Waals surface area contributed by atoms with Crippen LogP contribution in [0.5, 0.6) is 5.75 Å². The molecule has 2 aliphatic rings. The van der Waals surface area contributed by atoms with Crippen LogP contribution in [0.4, 0.5) is 10.5 Å². The Labute approximate surface area is 183 Å². The molecule has 0 bridgehead atoms. The highest BCUT2D eigenvalue weighted by Crippen LogP contribution is 2.38. The zero-order chi connectivity index (χ0) is 21.0. The molecule has 30 heavy (non-hydrogen) atoms. The number of cyclic esters (lactones) is 1. The average molecular weight is 426 g/mol. The zero-order valence-electron chi connectivity index (χ0n) is 17.9. The number of ether oxygens (including phenoxy) is 2. The predicted molar refractivity (Wildman–Crippen MR) is 123 cm³/mol. The Balaban J connectivity index is 1.22. The molecule has 0 atom stereocenters. The first-order chi connectivity index (χ1) is 14.5. The topological polar surface area (TPSA) is 47.6 Å². The van der Waals surface area contributed by atoms with Gasteiger partial charge in [0.1, 0.15) is 11.4 Å². The first kappa shape index (κ1) is 21.1. The van der Waals surface area contributed by atoms with Gasteiger partial charge in [-0.25, -0.2) is 4.79 Å². The van der Waals surface area contributed by atoms with Crippen molar-refractivity contribution in [3.05, 3.63) is 53.6 Å². The third-order valence-electron chi connectivity index (χ3n) is 6.01. The molecule has 5 heteroatoms. The zero-order valence-corrected chi connectivity index (χ0v) is 18.7. The van der Waals surface area contributed by atoms with E-state index >= 15 is 0 Å². The number of hydrogen-bond acceptors (Lipinski definition) is 4. The quantitative estimate of drug-likeness (QED) is 0.380. The normalized spacial score (nSPS) is 18.3. The van der Waals surface area contributed by atoms with Crippen molar-refractivity contribution >= 4 is 23.5 Å². The van der Waals surface area contributed by atoms with Crippen LogP contribution in [0.15, 0.2) is 47.4 Å². The van der Waals surface area contributed by atoms with Gasteiger partial charge in [-0.2, -0.15) is 0 Å². The Morgan fingerprint density at radius 1 is 1.10 bits per heavy atom. The molecule has 1 heterocycles. The van der Waals surface area contributed by atoms with Crippen molar-refractivity contribution < 1.29 is 14.3 Å². The van der Waals surface area contributed by atoms with Gasteiger partial charge in [-0.05, 0) is 74.9 Å². The minimum absolute atomic E-state index is 0.412. The maximum Gasteiger partial charge on any atom is 0.412 e. The number of thioether (sulfide) groups is 1. The van der Waals surface area contributed by atoms with Crippen LogP contribution in [0.3, 0.4) is 0 Å². The highest BCUT2D eigenvalue weighted by Gasteiger charge is 2.33. The number of carbonyl (C=O) groups is 1. The summed E-state index contributed by atoms with van der Waals surface area (Å²) in [6.07, 6.45) is 7.42. The molecular formula is C25H31NO3S. The fraction of sp³-hybridized carbons (Fsp3) is 0.480. The summed E-state index contributed by atoms with van der Waals surface area (Å²) in [7, 11) is 0. The van der Waals surface area contributed by atoms with E-state index in [0.29, 0.717) is 6.61 Å². The maximum atomic E-state index is 11.6. The molecule has 0 spiro atoms. The third-order valence-corrected chi connectivity index (χ3v) is 7.11. The summed E-state index contributed by atoms with van der Waals surface area (Å²) < 4.78 is 11.3. The number of fused-ring (bicyclic) bond motifs is 1. The van der Waals surface area contributed by atoms with E-state index in [1.807, 2.05) is 43.8 Å². The fourth-order valence-electron chi connectivity index (χ4n) is 4.35. The van der Waals surface area contributed by atoms with Crippen molar-refractivity contribution in [1.82, 2.24) is 0 Å². The highest BCUT2D eigenvalue weighted by molar-refractivity contribution is 7.99. The van der Waals surface area contributed by atoms with Crippen molar-refractivity contribution in [2.45, 2.75) is 68.8 Å². The average Bonchev–Trinajstić information content (AvgIpc) is 2.74. The minimum Gasteiger partial charge on any atom is -0.494 e. The van der Waals surface area contributed by atoms with E-state index in [1.165, 1.54) is 42.6 Å². The molecule has 0 aromatic heterocycles. The van der Waals surface area contributed by atoms with E-state index in [1.54, 1.807) is 0 Å². The number of amides is 1. The van der Waals surface area contributed by atoms with Crippen molar-refractivity contribution in [3.8, 4) is 5.75 Å². The van der Waals surface area contributed by atoms with Gasteiger partial charge in [-0.3, -0.25) is 5.32 Å². The summed E-state index contributed by atoms with van der Waals surface area (Å²) in [5.41, 5.74) is 2.58. The number of carbonyl (C=O) groups excluding carboxylic acids is 1. The second-order valence-electron chi connectivity index (χ2n) is 8.69. The Bertz CT molecular complexity index is 872. The lowest BCUT2D eigenvalue weighted by molar-refractivity contribution is 0.0418. The first-order valence-corrected chi connectivity index (χ1v) is 12.0. The Morgan fingerprint density at radius 2 is 1.87 bits per heavy atom. The number of nitrogens with one attached hydrogen (secondary N) is 1. The lowest BCUT2D eigenvalue weighted by Gasteiger charge is -2.32. The molecule has 4 nitrogen and oxygen atoms in total. The molecule has 160 valence electrons. The summed E-state index contributed by atoms with van der Waals surface area (Å²) in [4.78, 5) is 13.0. The largest absolute Gasteiger partial charge is 0.494 e. The van der Waals surface area contributed by atoms with Gasteiger partial charge in [-0.15, -0.1) is 11.8 Å². The van der Waals surface area contributed by atoms with E-state index in [-0.39, 0.29) is 0 Å². The number of hydrogen-bond donors (Lipinski definition) is 1. The van der Waals surface area contributed by atoms with Gasteiger partial charge >= 0.3 is 6.09 Å². The van der Waals surface area contributed by atoms with Crippen molar-refractivity contribution in [2.24, 2.45) is 0 Å². The molecule has 1 aliphatic carbocycles. The molecule has 1 N–H and O–H groups in total. The van der Waals surface area contributed by atoms with Crippen LogP contribution >= 0.6 is 11.8 Å². The summed E-state index contributed by atoms with van der Waals surface area (Å²) in [6, 6.07) is 14.9. The van der Waals surface area contributed by atoms with Crippen molar-refractivity contribution in [1.29, 1.82) is 0 Å². The van der Waals surface area contributed by atoms with Gasteiger partial charge in [0.15, 0.2) is 0 Å². The van der Waals surface area contributed by atoms with E-state index in [2.05, 4.69) is 29.6 Å². The molecule has 1 aliphatic heterocycles. The predicted octanol–water partition coefficient (Wildman–Crippen LogP) is 7.09. The summed E-state index contributed by atoms with van der Waals surface area (Å²) in [5.74, 6) is 2.60. The monoisotopic (exact) mass is 425 g/mol. The molecule has 0 radical (unpaired) electrons. The van der Waals surface area contributed by atoms with Gasteiger partial charge in [0.2, 0.25) is 0 Å². The van der Waals surface area contributed by atoms with Crippen LogP contribution in [0.1, 0.15) is 69.4 Å². The van der Waals surface area contributed by atoms with Crippen molar-refractivity contribution in [3.63, 3.8) is 0 Å². The number of rotatable bonds is 7. The lowest BCUT2D eigenvalue weighted by Crippen LogP contribution is -2.34. The van der Waals surface area contributed by atoms with Crippen LogP contribution in [0.2, 0.25) is 0 Å². The molecule has 1 saturated carbocycles. The first-order valence-electron chi connectivity index (χ1n) is 11.0. The maximum absolute atomic E-state index is 11.6. The van der Waals surface area contributed by atoms with Crippen LogP contribution in [-0.2, 0) is 10.3 Å². The number of anilines is 1. The van der Waals surface area contributed by atoms with Crippen LogP contribution in [0.25, 0.3) is 0 Å². The van der Waals surface area contributed by atoms with Gasteiger partial charge in [0, 0.05) is 16.2 Å². The lowest BCUT2D eigenvalue weighted by atomic mass is 9.84. The van der Waals surface area contributed by atoms with Gasteiger partial charge in [0.05, 0.1) is 12.3 Å². The standard InChI is InChI=1S/C25H31NO3S/c1-25(2)22-17-20(11-14-23(22)26-24(27)29-25)28-15-6-16-30-21-12-9-19(10-13-21)18-7-4-3-5-8-18/h9-14,17-18H,3-8,15-16H2,1-2H3,(H,26,27). The molecule has 1 fully saturated rings. The summed E-state index contributed by atoms with van der Waals surface area (Å²) in [5, 5.41) is 2.74.